The minimum atomic E-state index is 0.00348. The van der Waals surface area contributed by atoms with Gasteiger partial charge < -0.3 is 4.98 Å². The number of fused-ring (bicyclic) bond motifs is 1. The number of rotatable bonds is 3. The predicted octanol–water partition coefficient (Wildman–Crippen LogP) is 5.13. The van der Waals surface area contributed by atoms with Crippen LogP contribution in [0.15, 0.2) is 48.8 Å². The summed E-state index contributed by atoms with van der Waals surface area (Å²) in [5.74, 6) is 0.261. The fraction of sp³-hybridized carbons (Fsp3) is 0.304. The molecule has 0 saturated carbocycles. The molecule has 26 heavy (non-hydrogen) atoms. The maximum atomic E-state index is 13.0. The third-order valence-corrected chi connectivity index (χ3v) is 5.27. The van der Waals surface area contributed by atoms with Crippen LogP contribution in [0.5, 0.6) is 0 Å². The van der Waals surface area contributed by atoms with Gasteiger partial charge in [-0.05, 0) is 41.5 Å². The molecule has 0 bridgehead atoms. The van der Waals surface area contributed by atoms with E-state index in [1.165, 1.54) is 5.56 Å². The Morgan fingerprint density at radius 3 is 2.62 bits per heavy atom. The van der Waals surface area contributed by atoms with Crippen molar-refractivity contribution in [1.29, 1.82) is 0 Å². The van der Waals surface area contributed by atoms with Gasteiger partial charge in [0, 0.05) is 42.1 Å². The Bertz CT molecular complexity index is 967. The lowest BCUT2D eigenvalue weighted by atomic mass is 9.75. The number of aryl methyl sites for hydroxylation is 1. The largest absolute Gasteiger partial charge is 0.358 e. The van der Waals surface area contributed by atoms with E-state index in [1.54, 1.807) is 0 Å². The molecule has 0 amide bonds. The zero-order valence-corrected chi connectivity index (χ0v) is 15.6. The lowest BCUT2D eigenvalue weighted by Gasteiger charge is -2.28. The molecule has 0 spiro atoms. The smallest absolute Gasteiger partial charge is 0.165 e. The Labute approximate surface area is 154 Å². The first kappa shape index (κ1) is 16.8. The van der Waals surface area contributed by atoms with Crippen LogP contribution in [-0.4, -0.2) is 15.8 Å². The number of aromatic amines is 1. The van der Waals surface area contributed by atoms with E-state index < -0.39 is 0 Å². The first-order valence-corrected chi connectivity index (χ1v) is 9.16. The second kappa shape index (κ2) is 6.24. The van der Waals surface area contributed by atoms with Gasteiger partial charge in [-0.1, -0.05) is 44.2 Å². The molecule has 0 unspecified atom stereocenters. The molecule has 0 fully saturated rings. The topological polar surface area (TPSA) is 45.8 Å². The lowest BCUT2D eigenvalue weighted by Crippen LogP contribution is -2.27. The quantitative estimate of drug-likeness (QED) is 0.716. The van der Waals surface area contributed by atoms with Crippen molar-refractivity contribution in [3.8, 4) is 11.3 Å². The van der Waals surface area contributed by atoms with Gasteiger partial charge in [-0.3, -0.25) is 9.78 Å². The van der Waals surface area contributed by atoms with E-state index in [0.717, 1.165) is 46.5 Å². The molecule has 1 N–H and O–H groups in total. The zero-order valence-electron chi connectivity index (χ0n) is 15.6. The van der Waals surface area contributed by atoms with Crippen molar-refractivity contribution in [1.82, 2.24) is 9.97 Å². The van der Waals surface area contributed by atoms with Gasteiger partial charge in [0.1, 0.15) is 0 Å². The maximum Gasteiger partial charge on any atom is 0.165 e. The Morgan fingerprint density at radius 2 is 1.88 bits per heavy atom. The van der Waals surface area contributed by atoms with Crippen molar-refractivity contribution in [2.24, 2.45) is 5.41 Å². The van der Waals surface area contributed by atoms with Crippen LogP contribution >= 0.6 is 0 Å². The number of nitrogens with one attached hydrogen (secondary N) is 1. The predicted molar refractivity (Wildman–Crippen MR) is 104 cm³/mol. The lowest BCUT2D eigenvalue weighted by molar-refractivity contribution is 0.0911. The summed E-state index contributed by atoms with van der Waals surface area (Å²) in [5.41, 5.74) is 7.68. The Morgan fingerprint density at radius 1 is 1.12 bits per heavy atom. The van der Waals surface area contributed by atoms with Crippen LogP contribution in [-0.2, 0) is 12.8 Å². The molecule has 1 aromatic carbocycles. The number of hydrogen-bond donors (Lipinski definition) is 1. The number of carbonyl (C=O) groups excluding carboxylic acids is 1. The summed E-state index contributed by atoms with van der Waals surface area (Å²) >= 11 is 0. The highest BCUT2D eigenvalue weighted by Crippen LogP contribution is 2.40. The minimum Gasteiger partial charge on any atom is -0.358 e. The van der Waals surface area contributed by atoms with Crippen molar-refractivity contribution in [2.45, 2.75) is 40.0 Å². The van der Waals surface area contributed by atoms with E-state index in [9.17, 15) is 4.79 Å². The van der Waals surface area contributed by atoms with Crippen LogP contribution in [0.4, 0.5) is 0 Å². The molecular weight excluding hydrogens is 320 g/mol. The molecule has 4 rings (SSSR count). The van der Waals surface area contributed by atoms with E-state index >= 15 is 0 Å². The van der Waals surface area contributed by atoms with E-state index in [1.807, 2.05) is 24.5 Å². The van der Waals surface area contributed by atoms with Gasteiger partial charge >= 0.3 is 0 Å². The number of aromatic nitrogens is 2. The van der Waals surface area contributed by atoms with Gasteiger partial charge in [-0.15, -0.1) is 0 Å². The van der Waals surface area contributed by atoms with Gasteiger partial charge in [0.15, 0.2) is 5.78 Å². The highest BCUT2D eigenvalue weighted by atomic mass is 16.1. The fourth-order valence-electron chi connectivity index (χ4n) is 4.09. The molecule has 3 heteroatoms. The second-order valence-corrected chi connectivity index (χ2v) is 8.13. The number of Topliss-reactive ketones (excluding diaryl/α,β-unsaturated/α-hetero) is 1. The number of H-pyrrole nitrogens is 1. The van der Waals surface area contributed by atoms with Crippen LogP contribution in [0.3, 0.4) is 0 Å². The molecule has 1 aliphatic rings. The second-order valence-electron chi connectivity index (χ2n) is 8.13. The molecule has 0 aliphatic heterocycles. The number of hydrogen-bond acceptors (Lipinski definition) is 2. The van der Waals surface area contributed by atoms with Crippen LogP contribution in [0, 0.1) is 12.3 Å². The molecule has 0 atom stereocenters. The molecule has 132 valence electrons. The first-order chi connectivity index (χ1) is 12.4. The number of benzene rings is 1. The molecule has 3 aromatic rings. The molecular formula is C23H24N2O. The summed E-state index contributed by atoms with van der Waals surface area (Å²) in [6.45, 7) is 6.41. The summed E-state index contributed by atoms with van der Waals surface area (Å²) in [5, 5.41) is 0. The first-order valence-electron chi connectivity index (χ1n) is 9.16. The zero-order chi connectivity index (χ0) is 18.3. The van der Waals surface area contributed by atoms with Crippen molar-refractivity contribution in [2.75, 3.05) is 0 Å². The number of carbonyl (C=O) groups is 1. The third kappa shape index (κ3) is 2.98. The van der Waals surface area contributed by atoms with Crippen LogP contribution in [0.2, 0.25) is 0 Å². The summed E-state index contributed by atoms with van der Waals surface area (Å²) in [4.78, 5) is 20.8. The summed E-state index contributed by atoms with van der Waals surface area (Å²) < 4.78 is 0. The van der Waals surface area contributed by atoms with E-state index in [2.05, 4.69) is 55.0 Å². The van der Waals surface area contributed by atoms with Crippen molar-refractivity contribution < 1.29 is 4.79 Å². The Hall–Kier alpha value is -2.68. The normalized spacial score (nSPS) is 15.7. The van der Waals surface area contributed by atoms with Crippen molar-refractivity contribution in [3.63, 3.8) is 0 Å². The Kier molecular flexibility index (Phi) is 4.03. The average molecular weight is 344 g/mol. The van der Waals surface area contributed by atoms with Gasteiger partial charge in [-0.25, -0.2) is 0 Å². The minimum absolute atomic E-state index is 0.00348. The van der Waals surface area contributed by atoms with Gasteiger partial charge in [0.25, 0.3) is 0 Å². The molecule has 3 nitrogen and oxygen atoms in total. The SMILES string of the molecule is Cc1cnccc1-c1[nH]c2c(c1Cc1ccccc1)C(=O)CC(C)(C)C2. The molecule has 1 aliphatic carbocycles. The number of nitrogens with zero attached hydrogens (tertiary/aromatic N) is 1. The van der Waals surface area contributed by atoms with E-state index in [0.29, 0.717) is 6.42 Å². The number of pyridine rings is 1. The van der Waals surface area contributed by atoms with E-state index in [-0.39, 0.29) is 11.2 Å². The highest BCUT2D eigenvalue weighted by molar-refractivity contribution is 6.02. The molecule has 0 radical (unpaired) electrons. The van der Waals surface area contributed by atoms with Crippen LogP contribution in [0.1, 0.15) is 53.0 Å². The molecule has 2 heterocycles. The Balaban J connectivity index is 1.91. The van der Waals surface area contributed by atoms with Gasteiger partial charge in [-0.2, -0.15) is 0 Å². The average Bonchev–Trinajstić information content (AvgIpc) is 2.93. The summed E-state index contributed by atoms with van der Waals surface area (Å²) in [7, 11) is 0. The third-order valence-electron chi connectivity index (χ3n) is 5.27. The van der Waals surface area contributed by atoms with Crippen LogP contribution < -0.4 is 0 Å². The summed E-state index contributed by atoms with van der Waals surface area (Å²) in [6.07, 6.45) is 5.97. The number of ketones is 1. The highest BCUT2D eigenvalue weighted by Gasteiger charge is 2.35. The van der Waals surface area contributed by atoms with Crippen LogP contribution in [0.25, 0.3) is 11.3 Å². The van der Waals surface area contributed by atoms with Gasteiger partial charge in [0.2, 0.25) is 0 Å². The monoisotopic (exact) mass is 344 g/mol. The van der Waals surface area contributed by atoms with E-state index in [4.69, 9.17) is 0 Å². The maximum absolute atomic E-state index is 13.0. The van der Waals surface area contributed by atoms with Crippen molar-refractivity contribution >= 4 is 5.78 Å². The fourth-order valence-corrected chi connectivity index (χ4v) is 4.09. The van der Waals surface area contributed by atoms with Gasteiger partial charge in [0.05, 0.1) is 5.69 Å². The van der Waals surface area contributed by atoms with Crippen molar-refractivity contribution in [3.05, 3.63) is 76.7 Å². The standard InChI is InChI=1S/C23H24N2O/c1-15-14-24-10-9-17(15)22-18(11-16-7-5-4-6-8-16)21-19(25-22)12-23(2,3)13-20(21)26/h4-10,14,25H,11-13H2,1-3H3. The molecule has 0 saturated heterocycles. The molecule has 2 aromatic heterocycles. The summed E-state index contributed by atoms with van der Waals surface area (Å²) in [6, 6.07) is 12.4.